The molecule has 0 aliphatic rings. The van der Waals surface area contributed by atoms with Crippen molar-refractivity contribution in [3.63, 3.8) is 0 Å². The average Bonchev–Trinajstić information content (AvgIpc) is 1.24. The first-order valence-corrected chi connectivity index (χ1v) is 26.9. The smallest absolute Gasteiger partial charge is 0.136 e. The Labute approximate surface area is 510 Å². The van der Waals surface area contributed by atoms with Crippen LogP contribution in [0.2, 0.25) is 0 Å². The molecule has 0 aliphatic carbocycles. The van der Waals surface area contributed by atoms with Crippen LogP contribution in [0.4, 0.5) is 0 Å². The van der Waals surface area contributed by atoms with Crippen molar-refractivity contribution in [3.8, 4) is 66.8 Å². The van der Waals surface area contributed by atoms with Gasteiger partial charge in [0.2, 0.25) is 0 Å². The van der Waals surface area contributed by atoms with Crippen LogP contribution >= 0.6 is 0 Å². The highest BCUT2D eigenvalue weighted by Gasteiger charge is 2.22. The zero-order valence-corrected chi connectivity index (χ0v) is 43.8. The van der Waals surface area contributed by atoms with Crippen LogP contribution in [-0.4, -0.2) is 0 Å². The Morgan fingerprint density at radius 3 is 1.52 bits per heavy atom. The van der Waals surface area contributed by atoms with Gasteiger partial charge in [0.05, 0.1) is 28.8 Å². The largest absolute Gasteiger partial charge is 0.456 e. The minimum atomic E-state index is -0.871. The van der Waals surface area contributed by atoms with Gasteiger partial charge in [0.1, 0.15) is 11.2 Å². The van der Waals surface area contributed by atoms with E-state index in [1.807, 2.05) is 0 Å². The molecule has 1 nitrogen and oxygen atoms in total. The fourth-order valence-electron chi connectivity index (χ4n) is 11.9. The van der Waals surface area contributed by atoms with E-state index in [0.29, 0.717) is 0 Å². The standard InChI is InChI=1S/C46H30.C36H22O/c1-2-11-31(12-3-1)38-27-28-43-44(30-38)46(40-20-10-16-34-14-6-7-17-39(34)40)42-19-9-8-18-41(42)45(43)35-24-21-33(22-25-35)37-26-23-32-13-4-5-15-36(32)29-37;1-2-11-23(12-3-1)34-26-15-6-8-17-28(26)35(29-18-9-7-16-27(29)34)30-19-10-20-32-36(30)31-21-24-13-4-5-14-25(24)22-33(31)37-32/h1-30H;1-22H/i;1D,2D,3D,4D,5D,6D,7D,8D,9D,10D,11D,12D,13D,14D,15D,16D,17D,18D,19D,20D,22D. The summed E-state index contributed by atoms with van der Waals surface area (Å²) in [6, 6.07) is 51.3. The number of hydrogen-bond acceptors (Lipinski definition) is 1. The van der Waals surface area contributed by atoms with Gasteiger partial charge >= 0.3 is 0 Å². The molecule has 0 bridgehead atoms. The Morgan fingerprint density at radius 2 is 0.759 bits per heavy atom. The third-order valence-corrected chi connectivity index (χ3v) is 15.6. The van der Waals surface area contributed by atoms with E-state index in [0.717, 1.165) is 0 Å². The zero-order chi connectivity index (χ0) is 73.1. The van der Waals surface area contributed by atoms with Crippen molar-refractivity contribution in [2.45, 2.75) is 0 Å². The van der Waals surface area contributed by atoms with Gasteiger partial charge in [-0.2, -0.15) is 0 Å². The van der Waals surface area contributed by atoms with Gasteiger partial charge in [0.25, 0.3) is 0 Å². The van der Waals surface area contributed by atoms with Crippen LogP contribution < -0.4 is 0 Å². The minimum absolute atomic E-state index is 0.146. The van der Waals surface area contributed by atoms with E-state index in [4.69, 9.17) is 26.3 Å². The highest BCUT2D eigenvalue weighted by Crippen LogP contribution is 2.49. The Bertz CT molecular complexity index is 6550. The summed E-state index contributed by atoms with van der Waals surface area (Å²) in [7, 11) is 0. The molecular formula is C82H52O. The third kappa shape index (κ3) is 8.24. The van der Waals surface area contributed by atoms with Crippen molar-refractivity contribution in [1.29, 1.82) is 0 Å². The van der Waals surface area contributed by atoms with Crippen molar-refractivity contribution in [3.05, 3.63) is 315 Å². The molecular weight excluding hydrogens is 1000 g/mol. The Kier molecular flexibility index (Phi) is 7.54. The Hall–Kier alpha value is -10.9. The highest BCUT2D eigenvalue weighted by atomic mass is 16.3. The summed E-state index contributed by atoms with van der Waals surface area (Å²) in [6.45, 7) is 0. The van der Waals surface area contributed by atoms with Crippen LogP contribution in [0.3, 0.4) is 0 Å². The molecule has 1 heteroatoms. The van der Waals surface area contributed by atoms with E-state index in [1.165, 1.54) is 93.7 Å². The van der Waals surface area contributed by atoms with E-state index in [2.05, 4.69) is 182 Å². The molecule has 0 N–H and O–H groups in total. The van der Waals surface area contributed by atoms with Crippen LogP contribution in [0, 0.1) is 0 Å². The number of fused-ring (bicyclic) bond motifs is 10. The molecule has 0 aliphatic heterocycles. The molecule has 0 fully saturated rings. The van der Waals surface area contributed by atoms with E-state index in [9.17, 15) is 6.85 Å². The van der Waals surface area contributed by atoms with Gasteiger partial charge < -0.3 is 4.42 Å². The van der Waals surface area contributed by atoms with E-state index >= 15 is 0 Å². The SMILES string of the molecule is [2H]c1c([2H])c([2H])c(-c2c3c([2H])c([2H])c([2H])c([2H])c3c(-c3c([2H])c([2H])c([2H])c4oc5c([2H])c6c([2H])c([2H])c([2H])c([2H])c6cc5c34)c3c([2H])c([2H])c([2H])c([2H])c23)c([2H])c1[2H].c1ccc(-c2ccc3c(-c4ccc(-c5ccc6ccccc6c5)cc4)c4ccccc4c(-c4cccc5ccccc45)c3c2)cc1. The summed E-state index contributed by atoms with van der Waals surface area (Å²) in [5.74, 6) is 0. The third-order valence-electron chi connectivity index (χ3n) is 15.6. The number of hydrogen-bond donors (Lipinski definition) is 0. The first kappa shape index (κ1) is 31.2. The first-order valence-electron chi connectivity index (χ1n) is 37.4. The molecule has 17 rings (SSSR count). The molecule has 0 spiro atoms. The number of benzene rings is 16. The molecule has 0 unspecified atom stereocenters. The maximum atomic E-state index is 9.35. The van der Waals surface area contributed by atoms with E-state index < -0.39 is 176 Å². The molecule has 1 heterocycles. The van der Waals surface area contributed by atoms with Crippen LogP contribution in [0.1, 0.15) is 28.8 Å². The van der Waals surface area contributed by atoms with Crippen molar-refractivity contribution < 1.29 is 33.2 Å². The molecule has 83 heavy (non-hydrogen) atoms. The Balaban J connectivity index is 0.000000164. The summed E-state index contributed by atoms with van der Waals surface area (Å²) < 4.78 is 190. The van der Waals surface area contributed by atoms with Gasteiger partial charge in [-0.3, -0.25) is 0 Å². The molecule has 0 radical (unpaired) electrons. The predicted octanol–water partition coefficient (Wildman–Crippen LogP) is 23.3. The number of rotatable bonds is 6. The van der Waals surface area contributed by atoms with Crippen molar-refractivity contribution in [1.82, 2.24) is 0 Å². The fraction of sp³-hybridized carbons (Fsp3) is 0. The zero-order valence-electron chi connectivity index (χ0n) is 64.8. The minimum Gasteiger partial charge on any atom is -0.456 e. The predicted molar refractivity (Wildman–Crippen MR) is 355 cm³/mol. The lowest BCUT2D eigenvalue weighted by molar-refractivity contribution is 0.669. The van der Waals surface area contributed by atoms with Gasteiger partial charge in [0.15, 0.2) is 0 Å². The second kappa shape index (κ2) is 20.0. The van der Waals surface area contributed by atoms with E-state index in [-0.39, 0.29) is 27.1 Å². The van der Waals surface area contributed by atoms with Crippen molar-refractivity contribution in [2.24, 2.45) is 0 Å². The molecule has 0 saturated heterocycles. The van der Waals surface area contributed by atoms with E-state index in [1.54, 1.807) is 0 Å². The van der Waals surface area contributed by atoms with Gasteiger partial charge in [-0.15, -0.1) is 0 Å². The summed E-state index contributed by atoms with van der Waals surface area (Å²) in [6.07, 6.45) is 0. The monoisotopic (exact) mass is 1070 g/mol. The summed E-state index contributed by atoms with van der Waals surface area (Å²) in [5.41, 5.74) is 6.92. The lowest BCUT2D eigenvalue weighted by Crippen LogP contribution is -1.92. The van der Waals surface area contributed by atoms with Gasteiger partial charge in [-0.25, -0.2) is 0 Å². The molecule has 1 aromatic heterocycles. The van der Waals surface area contributed by atoms with Crippen molar-refractivity contribution >= 4 is 97.3 Å². The second-order valence-electron chi connectivity index (χ2n) is 20.2. The number of furan rings is 1. The summed E-state index contributed by atoms with van der Waals surface area (Å²) >= 11 is 0. The van der Waals surface area contributed by atoms with Crippen LogP contribution in [0.25, 0.3) is 164 Å². The van der Waals surface area contributed by atoms with Crippen molar-refractivity contribution in [2.75, 3.05) is 0 Å². The molecule has 17 aromatic rings. The summed E-state index contributed by atoms with van der Waals surface area (Å²) in [5, 5.41) is 7.01. The maximum absolute atomic E-state index is 9.35. The molecule has 0 amide bonds. The van der Waals surface area contributed by atoms with Gasteiger partial charge in [0, 0.05) is 10.8 Å². The quantitative estimate of drug-likeness (QED) is 0.151. The first-order chi connectivity index (χ1) is 49.9. The second-order valence-corrected chi connectivity index (χ2v) is 20.2. The van der Waals surface area contributed by atoms with Crippen LogP contribution in [0.15, 0.2) is 319 Å². The molecule has 386 valence electrons. The maximum Gasteiger partial charge on any atom is 0.136 e. The highest BCUT2D eigenvalue weighted by molar-refractivity contribution is 6.27. The normalized spacial score (nSPS) is 15.2. The lowest BCUT2D eigenvalue weighted by atomic mass is 9.83. The van der Waals surface area contributed by atoms with Gasteiger partial charge in [-0.05, 0) is 172 Å². The van der Waals surface area contributed by atoms with Crippen LogP contribution in [0.5, 0.6) is 0 Å². The van der Waals surface area contributed by atoms with Gasteiger partial charge in [-0.1, -0.05) is 285 Å². The average molecular weight is 1070 g/mol. The molecule has 0 saturated carbocycles. The fourth-order valence-corrected chi connectivity index (χ4v) is 11.9. The lowest BCUT2D eigenvalue weighted by Gasteiger charge is -2.20. The van der Waals surface area contributed by atoms with Crippen LogP contribution in [-0.2, 0) is 0 Å². The topological polar surface area (TPSA) is 13.1 Å². The molecule has 16 aromatic carbocycles. The summed E-state index contributed by atoms with van der Waals surface area (Å²) in [4.78, 5) is 0. The Morgan fingerprint density at radius 1 is 0.229 bits per heavy atom. The molecule has 0 atom stereocenters.